The fourth-order valence-corrected chi connectivity index (χ4v) is 2.02. The molecule has 0 atom stereocenters. The van der Waals surface area contributed by atoms with Crippen LogP contribution in [0.25, 0.3) is 5.52 Å². The summed E-state index contributed by atoms with van der Waals surface area (Å²) in [7, 11) is 1.91. The first-order chi connectivity index (χ1) is 7.22. The number of imidazole rings is 1. The maximum absolute atomic E-state index is 9.37. The third kappa shape index (κ3) is 1.98. The van der Waals surface area contributed by atoms with E-state index in [0.717, 1.165) is 28.9 Å². The predicted octanol–water partition coefficient (Wildman–Crippen LogP) is 1.56. The summed E-state index contributed by atoms with van der Waals surface area (Å²) in [4.78, 5) is 4.40. The molecule has 0 radical (unpaired) electrons. The van der Waals surface area contributed by atoms with E-state index in [1.54, 1.807) is 12.1 Å². The van der Waals surface area contributed by atoms with E-state index < -0.39 is 0 Å². The second-order valence-electron chi connectivity index (χ2n) is 3.31. The van der Waals surface area contributed by atoms with E-state index in [4.69, 9.17) is 0 Å². The molecular weight excluding hydrogens is 258 g/mol. The first-order valence-corrected chi connectivity index (χ1v) is 5.51. The van der Waals surface area contributed by atoms with Crippen molar-refractivity contribution in [2.45, 2.75) is 6.42 Å². The van der Waals surface area contributed by atoms with E-state index in [2.05, 4.69) is 26.2 Å². The number of pyridine rings is 1. The summed E-state index contributed by atoms with van der Waals surface area (Å²) < 4.78 is 2.74. The van der Waals surface area contributed by atoms with E-state index >= 15 is 0 Å². The molecule has 0 unspecified atom stereocenters. The second-order valence-corrected chi connectivity index (χ2v) is 4.06. The summed E-state index contributed by atoms with van der Waals surface area (Å²) >= 11 is 3.38. The molecule has 0 bridgehead atoms. The zero-order valence-electron chi connectivity index (χ0n) is 8.37. The monoisotopic (exact) mass is 269 g/mol. The zero-order chi connectivity index (χ0) is 10.8. The van der Waals surface area contributed by atoms with Crippen molar-refractivity contribution in [3.63, 3.8) is 0 Å². The number of likely N-dealkylation sites (N-methyl/N-ethyl adjacent to an activating group) is 1. The number of hydrogen-bond donors (Lipinski definition) is 2. The van der Waals surface area contributed by atoms with Crippen LogP contribution in [0.3, 0.4) is 0 Å². The predicted molar refractivity (Wildman–Crippen MR) is 62.2 cm³/mol. The molecule has 0 aliphatic rings. The van der Waals surface area contributed by atoms with Gasteiger partial charge in [-0.25, -0.2) is 4.98 Å². The standard InChI is InChI=1S/C10H12BrN3O/c1-12-4-2-9-13-10(11)8-6-7(15)3-5-14(8)9/h3,5-6,12,15H,2,4H2,1H3. The quantitative estimate of drug-likeness (QED) is 0.890. The normalized spacial score (nSPS) is 11.1. The average Bonchev–Trinajstić information content (AvgIpc) is 2.53. The molecule has 2 aromatic rings. The first-order valence-electron chi connectivity index (χ1n) is 4.72. The van der Waals surface area contributed by atoms with E-state index in [1.807, 2.05) is 17.6 Å². The molecule has 2 rings (SSSR count). The zero-order valence-corrected chi connectivity index (χ0v) is 9.95. The Kier molecular flexibility index (Phi) is 2.93. The highest BCUT2D eigenvalue weighted by atomic mass is 79.9. The van der Waals surface area contributed by atoms with Gasteiger partial charge in [0.25, 0.3) is 0 Å². The summed E-state index contributed by atoms with van der Waals surface area (Å²) in [6.45, 7) is 0.881. The maximum atomic E-state index is 9.37. The van der Waals surface area contributed by atoms with Crippen molar-refractivity contribution in [2.24, 2.45) is 0 Å². The van der Waals surface area contributed by atoms with Crippen LogP contribution in [-0.4, -0.2) is 28.1 Å². The lowest BCUT2D eigenvalue weighted by molar-refractivity contribution is 0.475. The van der Waals surface area contributed by atoms with Crippen molar-refractivity contribution in [1.82, 2.24) is 14.7 Å². The van der Waals surface area contributed by atoms with Crippen molar-refractivity contribution in [3.8, 4) is 5.75 Å². The molecule has 4 nitrogen and oxygen atoms in total. The molecule has 15 heavy (non-hydrogen) atoms. The number of fused-ring (bicyclic) bond motifs is 1. The number of aromatic hydroxyl groups is 1. The van der Waals surface area contributed by atoms with Gasteiger partial charge in [-0.2, -0.15) is 0 Å². The lowest BCUT2D eigenvalue weighted by Gasteiger charge is -2.00. The summed E-state index contributed by atoms with van der Waals surface area (Å²) in [6, 6.07) is 3.35. The van der Waals surface area contributed by atoms with Crippen molar-refractivity contribution in [3.05, 3.63) is 28.8 Å². The van der Waals surface area contributed by atoms with Crippen LogP contribution in [-0.2, 0) is 6.42 Å². The summed E-state index contributed by atoms with van der Waals surface area (Å²) in [5, 5.41) is 12.4. The summed E-state index contributed by atoms with van der Waals surface area (Å²) in [5.74, 6) is 1.23. The lowest BCUT2D eigenvalue weighted by Crippen LogP contribution is -2.12. The van der Waals surface area contributed by atoms with Crippen LogP contribution in [0, 0.1) is 0 Å². The molecule has 2 heterocycles. The third-order valence-corrected chi connectivity index (χ3v) is 2.84. The highest BCUT2D eigenvalue weighted by Crippen LogP contribution is 2.22. The van der Waals surface area contributed by atoms with E-state index in [9.17, 15) is 5.11 Å². The SMILES string of the molecule is CNCCc1nc(Br)c2cc(O)ccn12. The van der Waals surface area contributed by atoms with Crippen molar-refractivity contribution < 1.29 is 5.11 Å². The van der Waals surface area contributed by atoms with Gasteiger partial charge < -0.3 is 14.8 Å². The van der Waals surface area contributed by atoms with Gasteiger partial charge in [-0.1, -0.05) is 0 Å². The van der Waals surface area contributed by atoms with Crippen molar-refractivity contribution in [2.75, 3.05) is 13.6 Å². The Morgan fingerprint density at radius 2 is 2.40 bits per heavy atom. The minimum absolute atomic E-state index is 0.253. The molecule has 0 amide bonds. The van der Waals surface area contributed by atoms with Crippen LogP contribution < -0.4 is 5.32 Å². The molecule has 5 heteroatoms. The fourth-order valence-electron chi connectivity index (χ4n) is 1.51. The molecule has 2 N–H and O–H groups in total. The second kappa shape index (κ2) is 4.20. The number of nitrogens with zero attached hydrogens (tertiary/aromatic N) is 2. The summed E-state index contributed by atoms with van der Waals surface area (Å²) in [5.41, 5.74) is 0.890. The minimum Gasteiger partial charge on any atom is -0.508 e. The average molecular weight is 270 g/mol. The van der Waals surface area contributed by atoms with Gasteiger partial charge in [-0.15, -0.1) is 0 Å². The topological polar surface area (TPSA) is 49.6 Å². The summed E-state index contributed by atoms with van der Waals surface area (Å²) in [6.07, 6.45) is 2.68. The van der Waals surface area contributed by atoms with Crippen molar-refractivity contribution >= 4 is 21.4 Å². The number of halogens is 1. The van der Waals surface area contributed by atoms with E-state index in [-0.39, 0.29) is 5.75 Å². The van der Waals surface area contributed by atoms with Gasteiger partial charge in [0.15, 0.2) is 0 Å². The van der Waals surface area contributed by atoms with E-state index in [1.165, 1.54) is 0 Å². The van der Waals surface area contributed by atoms with Gasteiger partial charge in [0.05, 0.1) is 5.52 Å². The Hall–Kier alpha value is -1.07. The van der Waals surface area contributed by atoms with Crippen LogP contribution in [0.2, 0.25) is 0 Å². The minimum atomic E-state index is 0.253. The molecule has 0 fully saturated rings. The lowest BCUT2D eigenvalue weighted by atomic mass is 10.3. The number of aromatic nitrogens is 2. The van der Waals surface area contributed by atoms with Crippen LogP contribution >= 0.6 is 15.9 Å². The molecule has 0 saturated carbocycles. The van der Waals surface area contributed by atoms with Gasteiger partial charge in [-0.05, 0) is 29.0 Å². The molecule has 2 aromatic heterocycles. The van der Waals surface area contributed by atoms with Gasteiger partial charge in [0.2, 0.25) is 0 Å². The molecule has 0 saturated heterocycles. The molecule has 0 spiro atoms. The highest BCUT2D eigenvalue weighted by molar-refractivity contribution is 9.10. The largest absolute Gasteiger partial charge is 0.508 e. The fraction of sp³-hybridized carbons (Fsp3) is 0.300. The van der Waals surface area contributed by atoms with Crippen LogP contribution in [0.4, 0.5) is 0 Å². The molecule has 0 aliphatic carbocycles. The van der Waals surface area contributed by atoms with E-state index in [0.29, 0.717) is 0 Å². The Balaban J connectivity index is 2.48. The first kappa shape index (κ1) is 10.4. The smallest absolute Gasteiger partial charge is 0.132 e. The number of rotatable bonds is 3. The van der Waals surface area contributed by atoms with Gasteiger partial charge in [0.1, 0.15) is 16.2 Å². The Morgan fingerprint density at radius 3 is 3.13 bits per heavy atom. The van der Waals surface area contributed by atoms with Crippen LogP contribution in [0.15, 0.2) is 22.9 Å². The third-order valence-electron chi connectivity index (χ3n) is 2.25. The van der Waals surface area contributed by atoms with Crippen LogP contribution in [0.1, 0.15) is 5.82 Å². The van der Waals surface area contributed by atoms with Gasteiger partial charge >= 0.3 is 0 Å². The number of hydrogen-bond acceptors (Lipinski definition) is 3. The molecule has 80 valence electrons. The Labute approximate surface area is 96.1 Å². The Bertz CT molecular complexity index is 481. The van der Waals surface area contributed by atoms with Crippen LogP contribution in [0.5, 0.6) is 5.75 Å². The Morgan fingerprint density at radius 1 is 1.60 bits per heavy atom. The van der Waals surface area contributed by atoms with Gasteiger partial charge in [0, 0.05) is 25.2 Å². The van der Waals surface area contributed by atoms with Gasteiger partial charge in [-0.3, -0.25) is 0 Å². The number of nitrogens with one attached hydrogen (secondary N) is 1. The van der Waals surface area contributed by atoms with Crippen molar-refractivity contribution in [1.29, 1.82) is 0 Å². The molecular formula is C10H12BrN3O. The molecule has 0 aromatic carbocycles. The maximum Gasteiger partial charge on any atom is 0.132 e. The highest BCUT2D eigenvalue weighted by Gasteiger charge is 2.08. The molecule has 0 aliphatic heterocycles.